The van der Waals surface area contributed by atoms with Crippen LogP contribution in [0, 0.1) is 0 Å². The van der Waals surface area contributed by atoms with Crippen molar-refractivity contribution in [3.05, 3.63) is 0 Å². The normalized spacial score (nSPS) is 13.3. The van der Waals surface area contributed by atoms with E-state index in [1.165, 1.54) is 0 Å². The summed E-state index contributed by atoms with van der Waals surface area (Å²) in [4.78, 5) is 0. The highest BCUT2D eigenvalue weighted by Gasteiger charge is 2.16. The number of hydrogen-bond acceptors (Lipinski definition) is 1. The summed E-state index contributed by atoms with van der Waals surface area (Å²) in [7, 11) is -0.0231. The lowest BCUT2D eigenvalue weighted by molar-refractivity contribution is 0.332. The molecule has 0 N–H and O–H groups in total. The van der Waals surface area contributed by atoms with Crippen molar-refractivity contribution in [3.8, 4) is 0 Å². The third-order valence-corrected chi connectivity index (χ3v) is 3.40. The standard InChI is InChI=1S/C6H15ClNP/c1-5(2)8(9-7)6(3)4/h5-6,9H,1-4H3/p+1. The van der Waals surface area contributed by atoms with E-state index >= 15 is 0 Å². The first-order valence-corrected chi connectivity index (χ1v) is 5.56. The van der Waals surface area contributed by atoms with Crippen LogP contribution in [-0.2, 0) is 0 Å². The van der Waals surface area contributed by atoms with Gasteiger partial charge in [0.1, 0.15) is 11.2 Å². The van der Waals surface area contributed by atoms with Gasteiger partial charge in [0.15, 0.2) is 8.08 Å². The molecule has 3 heteroatoms. The molecule has 1 nitrogen and oxygen atoms in total. The summed E-state index contributed by atoms with van der Waals surface area (Å²) >= 11 is 5.77. The smallest absolute Gasteiger partial charge is 0.157 e. The molecule has 0 saturated heterocycles. The SMILES string of the molecule is CC(C)N([PH2+]Cl)C(C)C. The quantitative estimate of drug-likeness (QED) is 0.586. The summed E-state index contributed by atoms with van der Waals surface area (Å²) in [5, 5.41) is 0. The van der Waals surface area contributed by atoms with Gasteiger partial charge in [0.25, 0.3) is 0 Å². The molecule has 0 aromatic heterocycles. The van der Waals surface area contributed by atoms with Crippen LogP contribution < -0.4 is 0 Å². The first kappa shape index (κ1) is 9.68. The molecule has 0 spiro atoms. The molecular weight excluding hydrogens is 152 g/mol. The van der Waals surface area contributed by atoms with Crippen LogP contribution in [0.15, 0.2) is 0 Å². The van der Waals surface area contributed by atoms with Crippen molar-refractivity contribution in [3.63, 3.8) is 0 Å². The van der Waals surface area contributed by atoms with Crippen LogP contribution in [0.1, 0.15) is 27.7 Å². The third-order valence-electron chi connectivity index (χ3n) is 1.31. The van der Waals surface area contributed by atoms with Crippen molar-refractivity contribution in [2.75, 3.05) is 0 Å². The van der Waals surface area contributed by atoms with Gasteiger partial charge in [0, 0.05) is 12.1 Å². The number of nitrogens with zero attached hydrogens (tertiary/aromatic N) is 1. The maximum Gasteiger partial charge on any atom is 0.157 e. The van der Waals surface area contributed by atoms with Crippen molar-refractivity contribution >= 4 is 19.3 Å². The molecule has 1 unspecified atom stereocenters. The van der Waals surface area contributed by atoms with Crippen LogP contribution in [0.2, 0.25) is 0 Å². The molecule has 0 aliphatic heterocycles. The van der Waals surface area contributed by atoms with Crippen molar-refractivity contribution < 1.29 is 0 Å². The zero-order valence-corrected chi connectivity index (χ0v) is 8.47. The molecule has 0 amide bonds. The van der Waals surface area contributed by atoms with E-state index in [2.05, 4.69) is 32.4 Å². The minimum absolute atomic E-state index is 0.0231. The Morgan fingerprint density at radius 2 is 1.44 bits per heavy atom. The molecule has 9 heavy (non-hydrogen) atoms. The highest BCUT2D eigenvalue weighted by Crippen LogP contribution is 2.27. The maximum absolute atomic E-state index is 5.77. The second-order valence-corrected chi connectivity index (χ2v) is 4.11. The average molecular weight is 169 g/mol. The van der Waals surface area contributed by atoms with Gasteiger partial charge in [-0.1, -0.05) is 0 Å². The summed E-state index contributed by atoms with van der Waals surface area (Å²) in [6.07, 6.45) is 0. The number of rotatable bonds is 3. The highest BCUT2D eigenvalue weighted by molar-refractivity contribution is 7.66. The maximum atomic E-state index is 5.77. The molecule has 0 aromatic rings. The predicted molar refractivity (Wildman–Crippen MR) is 47.7 cm³/mol. The van der Waals surface area contributed by atoms with Gasteiger partial charge in [0.2, 0.25) is 0 Å². The molecule has 0 fully saturated rings. The van der Waals surface area contributed by atoms with Crippen molar-refractivity contribution in [1.82, 2.24) is 4.67 Å². The molecule has 56 valence electrons. The van der Waals surface area contributed by atoms with Crippen LogP contribution in [0.25, 0.3) is 0 Å². The Morgan fingerprint density at radius 3 is 1.44 bits per heavy atom. The minimum Gasteiger partial charge on any atom is -0.163 e. The Balaban J connectivity index is 3.68. The predicted octanol–water partition coefficient (Wildman–Crippen LogP) is 2.58. The van der Waals surface area contributed by atoms with Crippen LogP contribution >= 0.6 is 19.3 Å². The monoisotopic (exact) mass is 168 g/mol. The fourth-order valence-electron chi connectivity index (χ4n) is 0.822. The van der Waals surface area contributed by atoms with E-state index < -0.39 is 0 Å². The summed E-state index contributed by atoms with van der Waals surface area (Å²) in [6.45, 7) is 8.70. The first-order valence-electron chi connectivity index (χ1n) is 3.30. The van der Waals surface area contributed by atoms with E-state index in [-0.39, 0.29) is 8.08 Å². The minimum atomic E-state index is -0.0231. The van der Waals surface area contributed by atoms with Crippen LogP contribution in [-0.4, -0.2) is 16.8 Å². The lowest BCUT2D eigenvalue weighted by atomic mass is 10.3. The molecule has 0 rings (SSSR count). The van der Waals surface area contributed by atoms with E-state index in [4.69, 9.17) is 11.2 Å². The molecule has 0 bridgehead atoms. The Morgan fingerprint density at radius 1 is 1.11 bits per heavy atom. The van der Waals surface area contributed by atoms with E-state index in [1.54, 1.807) is 0 Å². The lowest BCUT2D eigenvalue weighted by Crippen LogP contribution is -2.28. The van der Waals surface area contributed by atoms with Crippen LogP contribution in [0.3, 0.4) is 0 Å². The fraction of sp³-hybridized carbons (Fsp3) is 1.00. The summed E-state index contributed by atoms with van der Waals surface area (Å²) in [5.74, 6) is 0. The largest absolute Gasteiger partial charge is 0.163 e. The number of halogens is 1. The van der Waals surface area contributed by atoms with Gasteiger partial charge < -0.3 is 0 Å². The Bertz CT molecular complexity index is 67.5. The van der Waals surface area contributed by atoms with E-state index in [0.29, 0.717) is 12.1 Å². The molecule has 0 heterocycles. The van der Waals surface area contributed by atoms with E-state index in [0.717, 1.165) is 0 Å². The molecular formula is C6H16ClNP+. The Labute approximate surface area is 64.4 Å². The van der Waals surface area contributed by atoms with Crippen molar-refractivity contribution in [1.29, 1.82) is 0 Å². The topological polar surface area (TPSA) is 3.24 Å². The van der Waals surface area contributed by atoms with E-state index in [1.807, 2.05) is 0 Å². The molecule has 0 saturated carbocycles. The third kappa shape index (κ3) is 3.40. The van der Waals surface area contributed by atoms with Gasteiger partial charge in [-0.2, -0.15) is 4.67 Å². The highest BCUT2D eigenvalue weighted by atomic mass is 35.7. The molecule has 0 radical (unpaired) electrons. The zero-order chi connectivity index (χ0) is 7.44. The van der Waals surface area contributed by atoms with Gasteiger partial charge >= 0.3 is 0 Å². The van der Waals surface area contributed by atoms with Crippen molar-refractivity contribution in [2.24, 2.45) is 0 Å². The summed E-state index contributed by atoms with van der Waals surface area (Å²) < 4.78 is 2.31. The van der Waals surface area contributed by atoms with Crippen LogP contribution in [0.4, 0.5) is 0 Å². The van der Waals surface area contributed by atoms with Gasteiger partial charge in [-0.3, -0.25) is 0 Å². The Hall–Kier alpha value is 0.680. The van der Waals surface area contributed by atoms with Gasteiger partial charge in [-0.25, -0.2) is 0 Å². The first-order chi connectivity index (χ1) is 4.09. The fourth-order valence-corrected chi connectivity index (χ4v) is 2.62. The van der Waals surface area contributed by atoms with Crippen molar-refractivity contribution in [2.45, 2.75) is 39.8 Å². The Kier molecular flexibility index (Phi) is 4.83. The molecule has 0 aliphatic rings. The van der Waals surface area contributed by atoms with Gasteiger partial charge in [-0.05, 0) is 27.7 Å². The van der Waals surface area contributed by atoms with Gasteiger partial charge in [-0.15, -0.1) is 0 Å². The average Bonchev–Trinajstić information content (AvgIpc) is 1.64. The molecule has 1 atom stereocenters. The lowest BCUT2D eigenvalue weighted by Gasteiger charge is -2.20. The molecule has 0 aliphatic carbocycles. The van der Waals surface area contributed by atoms with Crippen LogP contribution in [0.5, 0.6) is 0 Å². The van der Waals surface area contributed by atoms with E-state index in [9.17, 15) is 0 Å². The number of hydrogen-bond donors (Lipinski definition) is 0. The summed E-state index contributed by atoms with van der Waals surface area (Å²) in [6, 6.07) is 1.19. The van der Waals surface area contributed by atoms with Gasteiger partial charge in [0.05, 0.1) is 0 Å². The molecule has 0 aromatic carbocycles. The summed E-state index contributed by atoms with van der Waals surface area (Å²) in [5.41, 5.74) is 0. The zero-order valence-electron chi connectivity index (χ0n) is 6.56. The second-order valence-electron chi connectivity index (χ2n) is 2.73. The second kappa shape index (κ2) is 4.49.